The highest BCUT2D eigenvalue weighted by Crippen LogP contribution is 2.46. The lowest BCUT2D eigenvalue weighted by Crippen LogP contribution is -2.50. The number of carbonyl (C=O) groups excluding carboxylic acids is 1. The predicted molar refractivity (Wildman–Crippen MR) is 112 cm³/mol. The molecule has 0 radical (unpaired) electrons. The van der Waals surface area contributed by atoms with Gasteiger partial charge in [0.1, 0.15) is 6.61 Å². The van der Waals surface area contributed by atoms with Gasteiger partial charge in [-0.15, -0.1) is 0 Å². The fourth-order valence-electron chi connectivity index (χ4n) is 4.75. The smallest absolute Gasteiger partial charge is 0.410 e. The van der Waals surface area contributed by atoms with Crippen LogP contribution in [0.15, 0.2) is 59.1 Å². The van der Waals surface area contributed by atoms with Crippen LogP contribution in [0.25, 0.3) is 0 Å². The molecule has 5 heteroatoms. The molecule has 2 saturated heterocycles. The van der Waals surface area contributed by atoms with Crippen LogP contribution in [0, 0.1) is 5.92 Å². The van der Waals surface area contributed by atoms with Crippen molar-refractivity contribution in [3.8, 4) is 0 Å². The lowest BCUT2D eigenvalue weighted by Gasteiger charge is -2.43. The summed E-state index contributed by atoms with van der Waals surface area (Å²) in [5.41, 5.74) is 1.03. The van der Waals surface area contributed by atoms with Crippen molar-refractivity contribution in [2.75, 3.05) is 0 Å². The van der Waals surface area contributed by atoms with Gasteiger partial charge in [-0.25, -0.2) is 4.79 Å². The van der Waals surface area contributed by atoms with Crippen LogP contribution < -0.4 is 0 Å². The van der Waals surface area contributed by atoms with E-state index in [-0.39, 0.29) is 24.1 Å². The molecule has 4 nitrogen and oxygen atoms in total. The molecule has 0 aliphatic carbocycles. The van der Waals surface area contributed by atoms with Gasteiger partial charge in [0.25, 0.3) is 0 Å². The number of amides is 1. The largest absolute Gasteiger partial charge is 0.445 e. The number of rotatable bonds is 4. The van der Waals surface area contributed by atoms with Crippen LogP contribution in [0.5, 0.6) is 0 Å². The number of benzene rings is 2. The Morgan fingerprint density at radius 2 is 1.71 bits per heavy atom. The highest BCUT2D eigenvalue weighted by atomic mass is 79.9. The van der Waals surface area contributed by atoms with Gasteiger partial charge in [-0.3, -0.25) is 0 Å². The second kappa shape index (κ2) is 7.88. The molecule has 2 aromatic carbocycles. The van der Waals surface area contributed by atoms with Gasteiger partial charge in [0.2, 0.25) is 0 Å². The van der Waals surface area contributed by atoms with Crippen molar-refractivity contribution < 1.29 is 14.6 Å². The lowest BCUT2D eigenvalue weighted by molar-refractivity contribution is -0.0492. The Hall–Kier alpha value is -1.85. The monoisotopic (exact) mass is 443 g/mol. The van der Waals surface area contributed by atoms with Crippen molar-refractivity contribution in [3.05, 3.63) is 70.2 Å². The van der Waals surface area contributed by atoms with Gasteiger partial charge in [-0.1, -0.05) is 58.4 Å². The Bertz CT molecular complexity index is 808. The van der Waals surface area contributed by atoms with Crippen molar-refractivity contribution in [1.29, 1.82) is 0 Å². The molecule has 1 N–H and O–H groups in total. The van der Waals surface area contributed by atoms with E-state index in [1.165, 1.54) is 0 Å². The quantitative estimate of drug-likeness (QED) is 0.702. The van der Waals surface area contributed by atoms with E-state index in [2.05, 4.69) is 15.9 Å². The van der Waals surface area contributed by atoms with Gasteiger partial charge in [-0.05, 0) is 61.8 Å². The number of fused-ring (bicyclic) bond motifs is 2. The number of carbonyl (C=O) groups is 1. The van der Waals surface area contributed by atoms with Gasteiger partial charge in [0, 0.05) is 16.6 Å². The van der Waals surface area contributed by atoms with Crippen LogP contribution in [0.4, 0.5) is 4.79 Å². The van der Waals surface area contributed by atoms with E-state index >= 15 is 0 Å². The minimum atomic E-state index is -0.901. The Morgan fingerprint density at radius 3 is 2.32 bits per heavy atom. The zero-order valence-electron chi connectivity index (χ0n) is 16.1. The van der Waals surface area contributed by atoms with E-state index in [0.717, 1.165) is 41.3 Å². The Kier molecular flexibility index (Phi) is 5.48. The summed E-state index contributed by atoms with van der Waals surface area (Å²) in [5, 5.41) is 11.3. The number of piperidine rings is 1. The summed E-state index contributed by atoms with van der Waals surface area (Å²) >= 11 is 3.45. The number of ether oxygens (including phenoxy) is 1. The summed E-state index contributed by atoms with van der Waals surface area (Å²) in [5.74, 6) is 0.129. The molecule has 28 heavy (non-hydrogen) atoms. The fraction of sp³-hybridized carbons (Fsp3) is 0.435. The average molecular weight is 444 g/mol. The molecular weight excluding hydrogens is 418 g/mol. The minimum absolute atomic E-state index is 0.129. The van der Waals surface area contributed by atoms with Crippen LogP contribution in [0.1, 0.15) is 43.7 Å². The zero-order chi connectivity index (χ0) is 19.7. The first-order valence-electron chi connectivity index (χ1n) is 9.92. The Balaban J connectivity index is 1.42. The minimum Gasteiger partial charge on any atom is -0.445 e. The molecular formula is C23H26BrNO3. The summed E-state index contributed by atoms with van der Waals surface area (Å²) in [6, 6.07) is 18.0. The van der Waals surface area contributed by atoms with Crippen LogP contribution in [0.2, 0.25) is 0 Å². The normalized spacial score (nSPS) is 26.0. The molecule has 0 aromatic heterocycles. The average Bonchev–Trinajstić information content (AvgIpc) is 2.96. The van der Waals surface area contributed by atoms with Crippen molar-refractivity contribution in [2.24, 2.45) is 5.92 Å². The number of nitrogens with zero attached hydrogens (tertiary/aromatic N) is 1. The molecule has 1 amide bonds. The fourth-order valence-corrected chi connectivity index (χ4v) is 5.02. The number of aliphatic hydroxyl groups is 1. The van der Waals surface area contributed by atoms with Crippen LogP contribution in [-0.4, -0.2) is 28.2 Å². The number of hydrogen-bond donors (Lipinski definition) is 1. The third-order valence-electron chi connectivity index (χ3n) is 6.37. The van der Waals surface area contributed by atoms with E-state index in [9.17, 15) is 9.90 Å². The van der Waals surface area contributed by atoms with Crippen molar-refractivity contribution >= 4 is 22.0 Å². The maximum absolute atomic E-state index is 12.7. The van der Waals surface area contributed by atoms with Gasteiger partial charge in [-0.2, -0.15) is 0 Å². The summed E-state index contributed by atoms with van der Waals surface area (Å²) < 4.78 is 6.59. The van der Waals surface area contributed by atoms with Crippen LogP contribution in [-0.2, 0) is 16.9 Å². The summed E-state index contributed by atoms with van der Waals surface area (Å²) in [6.45, 7) is 2.21. The molecule has 2 bridgehead atoms. The standard InChI is InChI=1S/C23H26BrNO3/c1-23(27,17-7-9-19(24)10-8-17)18-13-20-11-12-21(14-18)25(20)22(26)28-15-16-5-3-2-4-6-16/h2-10,18,20-21,27H,11-15H2,1H3. The molecule has 0 saturated carbocycles. The SMILES string of the molecule is CC(O)(c1ccc(Br)cc1)C1CC2CCC(C1)N2C(=O)OCc1ccccc1. The summed E-state index contributed by atoms with van der Waals surface area (Å²) in [7, 11) is 0. The number of halogens is 1. The van der Waals surface area contributed by atoms with Gasteiger partial charge in [0.05, 0.1) is 5.60 Å². The maximum atomic E-state index is 12.7. The Morgan fingerprint density at radius 1 is 1.11 bits per heavy atom. The number of hydrogen-bond acceptors (Lipinski definition) is 3. The second-order valence-corrected chi connectivity index (χ2v) is 9.07. The van der Waals surface area contributed by atoms with Gasteiger partial charge in [0.15, 0.2) is 0 Å². The first-order valence-corrected chi connectivity index (χ1v) is 10.7. The topological polar surface area (TPSA) is 49.8 Å². The summed E-state index contributed by atoms with van der Waals surface area (Å²) in [6.07, 6.45) is 3.36. The molecule has 2 aliphatic heterocycles. The third kappa shape index (κ3) is 3.83. The highest BCUT2D eigenvalue weighted by Gasteiger charge is 2.49. The van der Waals surface area contributed by atoms with Crippen molar-refractivity contribution in [3.63, 3.8) is 0 Å². The first kappa shape index (κ1) is 19.5. The molecule has 3 unspecified atom stereocenters. The molecule has 2 fully saturated rings. The van der Waals surface area contributed by atoms with E-state index in [4.69, 9.17) is 4.74 Å². The molecule has 3 atom stereocenters. The van der Waals surface area contributed by atoms with E-state index in [1.54, 1.807) is 0 Å². The molecule has 4 rings (SSSR count). The van der Waals surface area contributed by atoms with E-state index in [0.29, 0.717) is 6.61 Å². The van der Waals surface area contributed by atoms with E-state index < -0.39 is 5.60 Å². The molecule has 148 valence electrons. The molecule has 2 aliphatic rings. The van der Waals surface area contributed by atoms with Crippen LogP contribution in [0.3, 0.4) is 0 Å². The Labute approximate surface area is 174 Å². The first-order chi connectivity index (χ1) is 13.4. The highest BCUT2D eigenvalue weighted by molar-refractivity contribution is 9.10. The predicted octanol–water partition coefficient (Wildman–Crippen LogP) is 5.24. The molecule has 0 spiro atoms. The zero-order valence-corrected chi connectivity index (χ0v) is 17.6. The van der Waals surface area contributed by atoms with E-state index in [1.807, 2.05) is 66.4 Å². The molecule has 2 aromatic rings. The lowest BCUT2D eigenvalue weighted by atomic mass is 9.75. The molecule has 2 heterocycles. The summed E-state index contributed by atoms with van der Waals surface area (Å²) in [4.78, 5) is 14.7. The van der Waals surface area contributed by atoms with Crippen molar-refractivity contribution in [1.82, 2.24) is 4.90 Å². The second-order valence-electron chi connectivity index (χ2n) is 8.16. The van der Waals surface area contributed by atoms with Crippen molar-refractivity contribution in [2.45, 2.75) is 56.9 Å². The van der Waals surface area contributed by atoms with Gasteiger partial charge < -0.3 is 14.7 Å². The van der Waals surface area contributed by atoms with Gasteiger partial charge >= 0.3 is 6.09 Å². The maximum Gasteiger partial charge on any atom is 0.410 e. The third-order valence-corrected chi connectivity index (χ3v) is 6.90. The van der Waals surface area contributed by atoms with Crippen LogP contribution >= 0.6 is 15.9 Å².